The van der Waals surface area contributed by atoms with E-state index in [1.54, 1.807) is 0 Å². The first-order valence-corrected chi connectivity index (χ1v) is 9.84. The van der Waals surface area contributed by atoms with Gasteiger partial charge < -0.3 is 5.32 Å². The van der Waals surface area contributed by atoms with Crippen LogP contribution in [0.1, 0.15) is 72.3 Å². The highest BCUT2D eigenvalue weighted by atomic mass is 16.1. The number of H-pyrrole nitrogens is 1. The van der Waals surface area contributed by atoms with Gasteiger partial charge in [-0.25, -0.2) is 0 Å². The van der Waals surface area contributed by atoms with Crippen molar-refractivity contribution in [2.75, 3.05) is 6.54 Å². The second kappa shape index (κ2) is 7.62. The molecule has 1 unspecified atom stereocenters. The van der Waals surface area contributed by atoms with Gasteiger partial charge in [0.15, 0.2) is 0 Å². The Labute approximate surface area is 155 Å². The zero-order valence-corrected chi connectivity index (χ0v) is 15.5. The molecule has 1 atom stereocenters. The number of aromatic amines is 1. The molecule has 5 nitrogen and oxygen atoms in total. The summed E-state index contributed by atoms with van der Waals surface area (Å²) in [4.78, 5) is 14.8. The fraction of sp³-hybridized carbons (Fsp3) is 0.524. The summed E-state index contributed by atoms with van der Waals surface area (Å²) >= 11 is 0. The molecule has 0 bridgehead atoms. The summed E-state index contributed by atoms with van der Waals surface area (Å²) in [5.41, 5.74) is 4.04. The molecule has 4 rings (SSSR count). The lowest BCUT2D eigenvalue weighted by Gasteiger charge is -2.33. The third kappa shape index (κ3) is 4.15. The van der Waals surface area contributed by atoms with E-state index in [4.69, 9.17) is 0 Å². The van der Waals surface area contributed by atoms with Crippen molar-refractivity contribution >= 4 is 5.91 Å². The zero-order valence-electron chi connectivity index (χ0n) is 15.5. The van der Waals surface area contributed by atoms with Gasteiger partial charge in [0.25, 0.3) is 5.91 Å². The van der Waals surface area contributed by atoms with Crippen LogP contribution < -0.4 is 5.32 Å². The zero-order chi connectivity index (χ0) is 17.9. The molecular weight excluding hydrogens is 324 g/mol. The van der Waals surface area contributed by atoms with Crippen LogP contribution in [0.5, 0.6) is 0 Å². The van der Waals surface area contributed by atoms with Gasteiger partial charge in [-0.05, 0) is 56.3 Å². The Balaban J connectivity index is 1.28. The normalized spacial score (nSPS) is 20.9. The first-order chi connectivity index (χ1) is 12.7. The van der Waals surface area contributed by atoms with E-state index in [1.165, 1.54) is 44.2 Å². The lowest BCUT2D eigenvalue weighted by atomic mass is 10.0. The maximum absolute atomic E-state index is 12.2. The Bertz CT molecular complexity index is 748. The van der Waals surface area contributed by atoms with Crippen LogP contribution in [0.3, 0.4) is 0 Å². The molecule has 5 heteroatoms. The topological polar surface area (TPSA) is 61.0 Å². The summed E-state index contributed by atoms with van der Waals surface area (Å²) in [7, 11) is 0. The number of amides is 1. The molecule has 1 aromatic carbocycles. The molecule has 1 aromatic heterocycles. The number of aromatic nitrogens is 2. The van der Waals surface area contributed by atoms with Crippen molar-refractivity contribution < 1.29 is 4.79 Å². The number of benzene rings is 1. The van der Waals surface area contributed by atoms with E-state index in [9.17, 15) is 4.79 Å². The summed E-state index contributed by atoms with van der Waals surface area (Å²) in [5, 5.41) is 10.1. The molecule has 2 fully saturated rings. The van der Waals surface area contributed by atoms with Crippen molar-refractivity contribution in [3.63, 3.8) is 0 Å². The molecule has 1 amide bonds. The molecule has 2 heterocycles. The quantitative estimate of drug-likeness (QED) is 0.835. The van der Waals surface area contributed by atoms with Crippen molar-refractivity contribution in [1.29, 1.82) is 0 Å². The highest BCUT2D eigenvalue weighted by Gasteiger charge is 2.26. The third-order valence-electron chi connectivity index (χ3n) is 5.65. The maximum Gasteiger partial charge on any atom is 0.272 e. The van der Waals surface area contributed by atoms with E-state index >= 15 is 0 Å². The second-order valence-electron chi connectivity index (χ2n) is 7.80. The van der Waals surface area contributed by atoms with Crippen LogP contribution in [0.25, 0.3) is 0 Å². The molecule has 0 radical (unpaired) electrons. The SMILES string of the molecule is CC1CCCCN1Cc1ccc(CNC(=O)c2cc(C3CC3)[nH]n2)cc1. The van der Waals surface area contributed by atoms with E-state index < -0.39 is 0 Å². The number of hydrogen-bond donors (Lipinski definition) is 2. The van der Waals surface area contributed by atoms with Crippen LogP contribution in [-0.4, -0.2) is 33.6 Å². The molecule has 2 aromatic rings. The number of nitrogens with one attached hydrogen (secondary N) is 2. The Morgan fingerprint density at radius 3 is 2.69 bits per heavy atom. The number of nitrogens with zero attached hydrogens (tertiary/aromatic N) is 2. The first-order valence-electron chi connectivity index (χ1n) is 9.84. The van der Waals surface area contributed by atoms with Crippen LogP contribution in [-0.2, 0) is 13.1 Å². The van der Waals surface area contributed by atoms with Gasteiger partial charge in [0.2, 0.25) is 0 Å². The molecule has 138 valence electrons. The van der Waals surface area contributed by atoms with Crippen LogP contribution in [0.4, 0.5) is 0 Å². The highest BCUT2D eigenvalue weighted by molar-refractivity contribution is 5.92. The molecule has 0 spiro atoms. The predicted molar refractivity (Wildman–Crippen MR) is 102 cm³/mol. The maximum atomic E-state index is 12.2. The van der Waals surface area contributed by atoms with Gasteiger partial charge in [0.1, 0.15) is 5.69 Å². The van der Waals surface area contributed by atoms with Crippen LogP contribution in [0.15, 0.2) is 30.3 Å². The standard InChI is InChI=1S/C21H28N4O/c1-15-4-2-3-11-25(15)14-17-7-5-16(6-8-17)13-22-21(26)20-12-19(23-24-20)18-9-10-18/h5-8,12,15,18H,2-4,9-11,13-14H2,1H3,(H,22,26)(H,23,24). The van der Waals surface area contributed by atoms with E-state index in [-0.39, 0.29) is 5.91 Å². The summed E-state index contributed by atoms with van der Waals surface area (Å²) < 4.78 is 0. The smallest absolute Gasteiger partial charge is 0.272 e. The number of piperidine rings is 1. The Hall–Kier alpha value is -2.14. The second-order valence-corrected chi connectivity index (χ2v) is 7.80. The fourth-order valence-electron chi connectivity index (χ4n) is 3.72. The average Bonchev–Trinajstić information content (AvgIpc) is 3.39. The minimum Gasteiger partial charge on any atom is -0.347 e. The van der Waals surface area contributed by atoms with Crippen LogP contribution in [0.2, 0.25) is 0 Å². The van der Waals surface area contributed by atoms with Crippen LogP contribution >= 0.6 is 0 Å². The monoisotopic (exact) mass is 352 g/mol. The summed E-state index contributed by atoms with van der Waals surface area (Å²) in [6.07, 6.45) is 6.37. The summed E-state index contributed by atoms with van der Waals surface area (Å²) in [6, 6.07) is 11.2. The van der Waals surface area contributed by atoms with Crippen LogP contribution in [0, 0.1) is 0 Å². The third-order valence-corrected chi connectivity index (χ3v) is 5.65. The van der Waals surface area contributed by atoms with Crippen molar-refractivity contribution in [3.05, 3.63) is 52.8 Å². The molecular formula is C21H28N4O. The van der Waals surface area contributed by atoms with Crippen molar-refractivity contribution in [1.82, 2.24) is 20.4 Å². The van der Waals surface area contributed by atoms with E-state index in [0.29, 0.717) is 24.2 Å². The molecule has 26 heavy (non-hydrogen) atoms. The molecule has 1 aliphatic heterocycles. The highest BCUT2D eigenvalue weighted by Crippen LogP contribution is 2.38. The molecule has 1 aliphatic carbocycles. The average molecular weight is 352 g/mol. The Kier molecular flexibility index (Phi) is 5.07. The molecule has 1 saturated carbocycles. The van der Waals surface area contributed by atoms with Crippen molar-refractivity contribution in [2.45, 2.75) is 64.1 Å². The largest absolute Gasteiger partial charge is 0.347 e. The van der Waals surface area contributed by atoms with Gasteiger partial charge in [0.05, 0.1) is 0 Å². The lowest BCUT2D eigenvalue weighted by Crippen LogP contribution is -2.36. The fourth-order valence-corrected chi connectivity index (χ4v) is 3.72. The molecule has 1 saturated heterocycles. The van der Waals surface area contributed by atoms with Gasteiger partial charge >= 0.3 is 0 Å². The number of carbonyl (C=O) groups excluding carboxylic acids is 1. The minimum atomic E-state index is -0.112. The Morgan fingerprint density at radius 1 is 1.19 bits per heavy atom. The molecule has 2 N–H and O–H groups in total. The minimum absolute atomic E-state index is 0.112. The number of carbonyl (C=O) groups is 1. The number of hydrogen-bond acceptors (Lipinski definition) is 3. The van der Waals surface area contributed by atoms with Gasteiger partial charge in [-0.3, -0.25) is 14.8 Å². The van der Waals surface area contributed by atoms with Gasteiger partial charge in [-0.2, -0.15) is 5.10 Å². The Morgan fingerprint density at radius 2 is 1.96 bits per heavy atom. The van der Waals surface area contributed by atoms with E-state index in [0.717, 1.165) is 17.8 Å². The lowest BCUT2D eigenvalue weighted by molar-refractivity contribution is 0.0946. The van der Waals surface area contributed by atoms with Gasteiger partial charge in [-0.1, -0.05) is 30.7 Å². The van der Waals surface area contributed by atoms with Gasteiger partial charge in [-0.15, -0.1) is 0 Å². The summed E-state index contributed by atoms with van der Waals surface area (Å²) in [5.74, 6) is 0.471. The van der Waals surface area contributed by atoms with E-state index in [1.807, 2.05) is 6.07 Å². The summed E-state index contributed by atoms with van der Waals surface area (Å²) in [6.45, 7) is 5.08. The number of rotatable bonds is 6. The van der Waals surface area contributed by atoms with Crippen molar-refractivity contribution in [3.8, 4) is 0 Å². The van der Waals surface area contributed by atoms with Crippen molar-refractivity contribution in [2.24, 2.45) is 0 Å². The van der Waals surface area contributed by atoms with Gasteiger partial charge in [0, 0.05) is 30.7 Å². The predicted octanol–water partition coefficient (Wildman–Crippen LogP) is 3.59. The molecule has 2 aliphatic rings. The first kappa shape index (κ1) is 17.3. The number of likely N-dealkylation sites (tertiary alicyclic amines) is 1. The van der Waals surface area contributed by atoms with E-state index in [2.05, 4.69) is 51.6 Å².